The van der Waals surface area contributed by atoms with Crippen molar-refractivity contribution in [2.75, 3.05) is 19.6 Å². The molecule has 3 rings (SSSR count). The van der Waals surface area contributed by atoms with Gasteiger partial charge in [0.2, 0.25) is 0 Å². The lowest BCUT2D eigenvalue weighted by molar-refractivity contribution is 0.271. The van der Waals surface area contributed by atoms with Gasteiger partial charge < -0.3 is 9.88 Å². The second-order valence-electron chi connectivity index (χ2n) is 5.27. The van der Waals surface area contributed by atoms with Crippen molar-refractivity contribution in [1.82, 2.24) is 19.2 Å². The van der Waals surface area contributed by atoms with E-state index in [1.807, 2.05) is 12.1 Å². The molecule has 0 radical (unpaired) electrons. The third-order valence-corrected chi connectivity index (χ3v) is 5.71. The molecule has 2 heterocycles. The molecule has 0 saturated carbocycles. The number of sulfonamides is 1. The molecule has 1 unspecified atom stereocenters. The molecule has 0 amide bonds. The SMILES string of the molecule is Cn1cnc(S(=O)(=O)N2CCNCC2c2cccc(Cl)c2)c1. The number of nitrogens with zero attached hydrogens (tertiary/aromatic N) is 3. The molecule has 0 bridgehead atoms. The minimum atomic E-state index is -3.63. The van der Waals surface area contributed by atoms with Crippen LogP contribution in [0.4, 0.5) is 0 Å². The second kappa shape index (κ2) is 6.00. The molecule has 1 fully saturated rings. The highest BCUT2D eigenvalue weighted by molar-refractivity contribution is 7.89. The van der Waals surface area contributed by atoms with Crippen LogP contribution in [0, 0.1) is 0 Å². The summed E-state index contributed by atoms with van der Waals surface area (Å²) < 4.78 is 28.8. The summed E-state index contributed by atoms with van der Waals surface area (Å²) in [5.74, 6) is 0. The van der Waals surface area contributed by atoms with Gasteiger partial charge >= 0.3 is 0 Å². The first-order valence-corrected chi connectivity index (χ1v) is 8.76. The molecular formula is C14H17ClN4O2S. The number of hydrogen-bond acceptors (Lipinski definition) is 4. The zero-order chi connectivity index (χ0) is 15.7. The van der Waals surface area contributed by atoms with Gasteiger partial charge in [-0.1, -0.05) is 23.7 Å². The maximum atomic E-state index is 12.9. The number of nitrogens with one attached hydrogen (secondary N) is 1. The van der Waals surface area contributed by atoms with Gasteiger partial charge in [-0.3, -0.25) is 0 Å². The Morgan fingerprint density at radius 2 is 2.23 bits per heavy atom. The Kier molecular flexibility index (Phi) is 4.22. The zero-order valence-corrected chi connectivity index (χ0v) is 13.7. The number of benzene rings is 1. The molecule has 22 heavy (non-hydrogen) atoms. The van der Waals surface area contributed by atoms with Crippen LogP contribution in [0.1, 0.15) is 11.6 Å². The van der Waals surface area contributed by atoms with E-state index in [1.165, 1.54) is 16.8 Å². The Morgan fingerprint density at radius 1 is 1.41 bits per heavy atom. The summed E-state index contributed by atoms with van der Waals surface area (Å²) in [6.07, 6.45) is 3.01. The molecule has 1 aliphatic heterocycles. The summed E-state index contributed by atoms with van der Waals surface area (Å²) in [6, 6.07) is 7.01. The lowest BCUT2D eigenvalue weighted by Crippen LogP contribution is -2.48. The summed E-state index contributed by atoms with van der Waals surface area (Å²) in [4.78, 5) is 4.00. The second-order valence-corrected chi connectivity index (χ2v) is 7.54. The lowest BCUT2D eigenvalue weighted by Gasteiger charge is -2.35. The number of aryl methyl sites for hydroxylation is 1. The van der Waals surface area contributed by atoms with Gasteiger partial charge in [-0.15, -0.1) is 0 Å². The Hall–Kier alpha value is -1.41. The highest BCUT2D eigenvalue weighted by Gasteiger charge is 2.35. The predicted molar refractivity (Wildman–Crippen MR) is 84.2 cm³/mol. The fourth-order valence-corrected chi connectivity index (χ4v) is 4.40. The van der Waals surface area contributed by atoms with Crippen molar-refractivity contribution in [2.24, 2.45) is 7.05 Å². The van der Waals surface area contributed by atoms with E-state index in [0.29, 0.717) is 24.7 Å². The molecule has 1 saturated heterocycles. The normalized spacial score (nSPS) is 20.2. The van der Waals surface area contributed by atoms with E-state index in [0.717, 1.165) is 5.56 Å². The molecule has 2 aromatic rings. The van der Waals surface area contributed by atoms with Crippen molar-refractivity contribution < 1.29 is 8.42 Å². The molecule has 1 aromatic heterocycles. The first kappa shape index (κ1) is 15.5. The van der Waals surface area contributed by atoms with Crippen LogP contribution in [0.25, 0.3) is 0 Å². The summed E-state index contributed by atoms with van der Waals surface area (Å²) >= 11 is 6.04. The Labute approximate surface area is 134 Å². The third-order valence-electron chi connectivity index (χ3n) is 3.68. The van der Waals surface area contributed by atoms with Crippen LogP contribution in [0.2, 0.25) is 5.02 Å². The topological polar surface area (TPSA) is 67.2 Å². The maximum Gasteiger partial charge on any atom is 0.262 e. The average molecular weight is 341 g/mol. The Bertz CT molecular complexity index is 775. The zero-order valence-electron chi connectivity index (χ0n) is 12.1. The summed E-state index contributed by atoms with van der Waals surface area (Å²) in [7, 11) is -1.88. The van der Waals surface area contributed by atoms with Crippen molar-refractivity contribution in [3.8, 4) is 0 Å². The molecule has 1 aromatic carbocycles. The van der Waals surface area contributed by atoms with Gasteiger partial charge in [-0.2, -0.15) is 4.31 Å². The maximum absolute atomic E-state index is 12.9. The monoisotopic (exact) mass is 340 g/mol. The van der Waals surface area contributed by atoms with E-state index in [9.17, 15) is 8.42 Å². The molecule has 8 heteroatoms. The fourth-order valence-electron chi connectivity index (χ4n) is 2.61. The number of rotatable bonds is 3. The molecule has 118 valence electrons. The summed E-state index contributed by atoms with van der Waals surface area (Å²) in [6.45, 7) is 1.56. The summed E-state index contributed by atoms with van der Waals surface area (Å²) in [5.41, 5.74) is 0.874. The number of aromatic nitrogens is 2. The molecule has 1 N–H and O–H groups in total. The molecule has 0 aliphatic carbocycles. The standard InChI is InChI=1S/C14H17ClN4O2S/c1-18-9-14(17-10-18)22(20,21)19-6-5-16-8-13(19)11-3-2-4-12(15)7-11/h2-4,7,9-10,13,16H,5-6,8H2,1H3. The molecule has 1 atom stereocenters. The van der Waals surface area contributed by atoms with Gasteiger partial charge in [0.1, 0.15) is 0 Å². The lowest BCUT2D eigenvalue weighted by atomic mass is 10.1. The van der Waals surface area contributed by atoms with Gasteiger partial charge in [-0.05, 0) is 17.7 Å². The molecule has 0 spiro atoms. The van der Waals surface area contributed by atoms with Gasteiger partial charge in [0.25, 0.3) is 10.0 Å². The van der Waals surface area contributed by atoms with Crippen molar-refractivity contribution >= 4 is 21.6 Å². The van der Waals surface area contributed by atoms with E-state index in [1.54, 1.807) is 23.7 Å². The van der Waals surface area contributed by atoms with Crippen molar-refractivity contribution in [3.05, 3.63) is 47.4 Å². The number of imidazole rings is 1. The van der Waals surface area contributed by atoms with E-state index in [4.69, 9.17) is 11.6 Å². The van der Waals surface area contributed by atoms with Gasteiger partial charge in [0, 0.05) is 37.9 Å². The van der Waals surface area contributed by atoms with Crippen LogP contribution >= 0.6 is 11.6 Å². The number of hydrogen-bond donors (Lipinski definition) is 1. The van der Waals surface area contributed by atoms with Crippen LogP contribution in [-0.4, -0.2) is 41.9 Å². The van der Waals surface area contributed by atoms with Crippen LogP contribution in [0.5, 0.6) is 0 Å². The predicted octanol–water partition coefficient (Wildman–Crippen LogP) is 1.41. The first-order chi connectivity index (χ1) is 10.5. The first-order valence-electron chi connectivity index (χ1n) is 6.94. The minimum absolute atomic E-state index is 0.0731. The quantitative estimate of drug-likeness (QED) is 0.917. The Morgan fingerprint density at radius 3 is 2.91 bits per heavy atom. The smallest absolute Gasteiger partial charge is 0.262 e. The third kappa shape index (κ3) is 2.89. The van der Waals surface area contributed by atoms with Crippen LogP contribution in [0.15, 0.2) is 41.8 Å². The van der Waals surface area contributed by atoms with E-state index >= 15 is 0 Å². The van der Waals surface area contributed by atoms with E-state index in [-0.39, 0.29) is 11.1 Å². The highest BCUT2D eigenvalue weighted by atomic mass is 35.5. The van der Waals surface area contributed by atoms with Gasteiger partial charge in [-0.25, -0.2) is 13.4 Å². The number of piperazine rings is 1. The summed E-state index contributed by atoms with van der Waals surface area (Å²) in [5, 5.41) is 3.91. The fraction of sp³-hybridized carbons (Fsp3) is 0.357. The molecule has 6 nitrogen and oxygen atoms in total. The minimum Gasteiger partial charge on any atom is -0.339 e. The number of halogens is 1. The van der Waals surface area contributed by atoms with E-state index < -0.39 is 10.0 Å². The van der Waals surface area contributed by atoms with Crippen LogP contribution in [0.3, 0.4) is 0 Å². The largest absolute Gasteiger partial charge is 0.339 e. The Balaban J connectivity index is 1.99. The van der Waals surface area contributed by atoms with Crippen LogP contribution < -0.4 is 5.32 Å². The molecular weight excluding hydrogens is 324 g/mol. The average Bonchev–Trinajstić information content (AvgIpc) is 2.95. The van der Waals surface area contributed by atoms with Gasteiger partial charge in [0.15, 0.2) is 5.03 Å². The highest BCUT2D eigenvalue weighted by Crippen LogP contribution is 2.29. The van der Waals surface area contributed by atoms with Gasteiger partial charge in [0.05, 0.1) is 12.4 Å². The van der Waals surface area contributed by atoms with Crippen molar-refractivity contribution in [1.29, 1.82) is 0 Å². The van der Waals surface area contributed by atoms with Crippen molar-refractivity contribution in [2.45, 2.75) is 11.1 Å². The van der Waals surface area contributed by atoms with E-state index in [2.05, 4.69) is 10.3 Å². The van der Waals surface area contributed by atoms with Crippen molar-refractivity contribution in [3.63, 3.8) is 0 Å². The molecule has 1 aliphatic rings. The van der Waals surface area contributed by atoms with Crippen LogP contribution in [-0.2, 0) is 17.1 Å².